The Morgan fingerprint density at radius 2 is 2.06 bits per heavy atom. The minimum Gasteiger partial charge on any atom is -0.491 e. The first-order chi connectivity index (χ1) is 8.47. The van der Waals surface area contributed by atoms with Gasteiger partial charge in [0.1, 0.15) is 24.3 Å². The molecule has 0 fully saturated rings. The molecule has 0 bridgehead atoms. The molecular weight excluding hydrogens is 233 g/mol. The summed E-state index contributed by atoms with van der Waals surface area (Å²) in [4.78, 5) is 1.97. The molecule has 3 nitrogen and oxygen atoms in total. The Kier molecular flexibility index (Phi) is 5.82. The molecule has 0 radical (unpaired) electrons. The van der Waals surface area contributed by atoms with Crippen LogP contribution in [-0.4, -0.2) is 42.9 Å². The topological polar surface area (TPSA) is 32.7 Å². The van der Waals surface area contributed by atoms with Crippen molar-refractivity contribution in [3.05, 3.63) is 42.2 Å². The molecule has 1 rings (SSSR count). The molecular formula is C14H20FNO2. The Labute approximate surface area is 107 Å². The van der Waals surface area contributed by atoms with Crippen LogP contribution in [0.5, 0.6) is 5.75 Å². The summed E-state index contributed by atoms with van der Waals surface area (Å²) in [5.74, 6) is 0.252. The third-order valence-corrected chi connectivity index (χ3v) is 2.32. The summed E-state index contributed by atoms with van der Waals surface area (Å²) in [7, 11) is 1.91. The van der Waals surface area contributed by atoms with E-state index >= 15 is 0 Å². The van der Waals surface area contributed by atoms with E-state index in [-0.39, 0.29) is 12.4 Å². The molecule has 0 aromatic heterocycles. The summed E-state index contributed by atoms with van der Waals surface area (Å²) in [6, 6.07) is 5.74. The van der Waals surface area contributed by atoms with Crippen LogP contribution in [0.3, 0.4) is 0 Å². The van der Waals surface area contributed by atoms with E-state index < -0.39 is 6.10 Å². The lowest BCUT2D eigenvalue weighted by atomic mass is 10.3. The molecule has 1 aromatic carbocycles. The quantitative estimate of drug-likeness (QED) is 0.755. The smallest absolute Gasteiger partial charge is 0.123 e. The molecule has 0 heterocycles. The highest BCUT2D eigenvalue weighted by molar-refractivity contribution is 5.22. The van der Waals surface area contributed by atoms with E-state index in [1.54, 1.807) is 12.1 Å². The number of likely N-dealkylation sites (N-methyl/N-ethyl adjacent to an activating group) is 1. The maximum absolute atomic E-state index is 12.7. The van der Waals surface area contributed by atoms with Gasteiger partial charge >= 0.3 is 0 Å². The van der Waals surface area contributed by atoms with E-state index in [0.717, 1.165) is 12.1 Å². The van der Waals surface area contributed by atoms with E-state index in [2.05, 4.69) is 6.58 Å². The highest BCUT2D eigenvalue weighted by Gasteiger charge is 2.09. The Morgan fingerprint density at radius 1 is 1.44 bits per heavy atom. The SMILES string of the molecule is C=C(C)CN(C)CC(O)COc1ccc(F)cc1. The summed E-state index contributed by atoms with van der Waals surface area (Å²) in [6.45, 7) is 7.19. The summed E-state index contributed by atoms with van der Waals surface area (Å²) < 4.78 is 18.0. The van der Waals surface area contributed by atoms with E-state index in [1.807, 2.05) is 18.9 Å². The average Bonchev–Trinajstić information content (AvgIpc) is 2.27. The standard InChI is InChI=1S/C14H20FNO2/c1-11(2)8-16(3)9-13(17)10-18-14-6-4-12(15)5-7-14/h4-7,13,17H,1,8-10H2,2-3H3. The lowest BCUT2D eigenvalue weighted by Crippen LogP contribution is -2.33. The van der Waals surface area contributed by atoms with Gasteiger partial charge < -0.3 is 9.84 Å². The van der Waals surface area contributed by atoms with Crippen LogP contribution >= 0.6 is 0 Å². The number of aliphatic hydroxyl groups excluding tert-OH is 1. The first kappa shape index (κ1) is 14.7. The van der Waals surface area contributed by atoms with Crippen LogP contribution in [0.4, 0.5) is 4.39 Å². The number of halogens is 1. The molecule has 0 spiro atoms. The zero-order chi connectivity index (χ0) is 13.5. The Bertz CT molecular complexity index is 378. The Morgan fingerprint density at radius 3 is 2.61 bits per heavy atom. The molecule has 1 unspecified atom stereocenters. The monoisotopic (exact) mass is 253 g/mol. The predicted molar refractivity (Wildman–Crippen MR) is 70.2 cm³/mol. The van der Waals surface area contributed by atoms with Crippen molar-refractivity contribution in [1.29, 1.82) is 0 Å². The van der Waals surface area contributed by atoms with Crippen molar-refractivity contribution in [2.45, 2.75) is 13.0 Å². The molecule has 4 heteroatoms. The highest BCUT2D eigenvalue weighted by Crippen LogP contribution is 2.11. The van der Waals surface area contributed by atoms with Gasteiger partial charge in [-0.05, 0) is 38.2 Å². The number of rotatable bonds is 7. The van der Waals surface area contributed by atoms with Crippen LogP contribution < -0.4 is 4.74 Å². The van der Waals surface area contributed by atoms with Gasteiger partial charge in [0.05, 0.1) is 0 Å². The number of aliphatic hydroxyl groups is 1. The summed E-state index contributed by atoms with van der Waals surface area (Å²) >= 11 is 0. The van der Waals surface area contributed by atoms with Gasteiger partial charge in [-0.15, -0.1) is 0 Å². The van der Waals surface area contributed by atoms with Crippen molar-refractivity contribution in [1.82, 2.24) is 4.90 Å². The fourth-order valence-electron chi connectivity index (χ4n) is 1.66. The zero-order valence-electron chi connectivity index (χ0n) is 10.9. The van der Waals surface area contributed by atoms with Gasteiger partial charge in [0, 0.05) is 13.1 Å². The molecule has 0 aliphatic carbocycles. The fourth-order valence-corrected chi connectivity index (χ4v) is 1.66. The highest BCUT2D eigenvalue weighted by atomic mass is 19.1. The van der Waals surface area contributed by atoms with Gasteiger partial charge in [-0.2, -0.15) is 0 Å². The van der Waals surface area contributed by atoms with E-state index in [0.29, 0.717) is 12.3 Å². The largest absolute Gasteiger partial charge is 0.491 e. The molecule has 18 heavy (non-hydrogen) atoms. The second-order valence-corrected chi connectivity index (χ2v) is 4.57. The van der Waals surface area contributed by atoms with Crippen molar-refractivity contribution in [2.75, 3.05) is 26.7 Å². The maximum atomic E-state index is 12.7. The van der Waals surface area contributed by atoms with Crippen LogP contribution in [0.15, 0.2) is 36.4 Å². The summed E-state index contributed by atoms with van der Waals surface area (Å²) in [6.07, 6.45) is -0.584. The third kappa shape index (κ3) is 5.80. The number of hydrogen-bond donors (Lipinski definition) is 1. The normalized spacial score (nSPS) is 12.5. The fraction of sp³-hybridized carbons (Fsp3) is 0.429. The molecule has 0 aliphatic rings. The van der Waals surface area contributed by atoms with E-state index in [4.69, 9.17) is 4.74 Å². The average molecular weight is 253 g/mol. The molecule has 100 valence electrons. The number of nitrogens with zero attached hydrogens (tertiary/aromatic N) is 1. The summed E-state index contributed by atoms with van der Waals surface area (Å²) in [5.41, 5.74) is 1.05. The van der Waals surface area contributed by atoms with E-state index in [9.17, 15) is 9.50 Å². The van der Waals surface area contributed by atoms with Gasteiger partial charge in [-0.3, -0.25) is 4.90 Å². The van der Waals surface area contributed by atoms with Gasteiger partial charge in [0.25, 0.3) is 0 Å². The van der Waals surface area contributed by atoms with Gasteiger partial charge in [-0.1, -0.05) is 12.2 Å². The van der Waals surface area contributed by atoms with Crippen molar-refractivity contribution in [2.24, 2.45) is 0 Å². The third-order valence-electron chi connectivity index (χ3n) is 2.32. The minimum absolute atomic E-state index is 0.187. The number of hydrogen-bond acceptors (Lipinski definition) is 3. The van der Waals surface area contributed by atoms with Crippen LogP contribution in [0, 0.1) is 5.82 Å². The number of ether oxygens (including phenoxy) is 1. The van der Waals surface area contributed by atoms with Crippen molar-refractivity contribution < 1.29 is 14.2 Å². The van der Waals surface area contributed by atoms with Crippen LogP contribution in [0.25, 0.3) is 0 Å². The Balaban J connectivity index is 2.30. The molecule has 0 amide bonds. The predicted octanol–water partition coefficient (Wildman–Crippen LogP) is 2.07. The van der Waals surface area contributed by atoms with Gasteiger partial charge in [0.15, 0.2) is 0 Å². The maximum Gasteiger partial charge on any atom is 0.123 e. The first-order valence-electron chi connectivity index (χ1n) is 5.86. The van der Waals surface area contributed by atoms with Crippen LogP contribution in [0.2, 0.25) is 0 Å². The number of benzene rings is 1. The molecule has 0 saturated heterocycles. The lowest BCUT2D eigenvalue weighted by Gasteiger charge is -2.20. The second-order valence-electron chi connectivity index (χ2n) is 4.57. The summed E-state index contributed by atoms with van der Waals surface area (Å²) in [5, 5.41) is 9.78. The molecule has 1 N–H and O–H groups in total. The minimum atomic E-state index is -0.584. The zero-order valence-corrected chi connectivity index (χ0v) is 10.9. The molecule has 0 aliphatic heterocycles. The van der Waals surface area contributed by atoms with Gasteiger partial charge in [-0.25, -0.2) is 4.39 Å². The Hall–Kier alpha value is -1.39. The van der Waals surface area contributed by atoms with Crippen molar-refractivity contribution in [3.63, 3.8) is 0 Å². The van der Waals surface area contributed by atoms with Crippen LogP contribution in [0.1, 0.15) is 6.92 Å². The molecule has 0 saturated carbocycles. The van der Waals surface area contributed by atoms with Crippen molar-refractivity contribution in [3.8, 4) is 5.75 Å². The van der Waals surface area contributed by atoms with Crippen molar-refractivity contribution >= 4 is 0 Å². The van der Waals surface area contributed by atoms with Gasteiger partial charge in [0.2, 0.25) is 0 Å². The lowest BCUT2D eigenvalue weighted by molar-refractivity contribution is 0.0789. The second kappa shape index (κ2) is 7.13. The first-order valence-corrected chi connectivity index (χ1v) is 5.86. The van der Waals surface area contributed by atoms with E-state index in [1.165, 1.54) is 12.1 Å². The molecule has 1 atom stereocenters. The van der Waals surface area contributed by atoms with Crippen LogP contribution in [-0.2, 0) is 0 Å². The molecule has 1 aromatic rings.